The molecule has 5 nitrogen and oxygen atoms in total. The Morgan fingerprint density at radius 3 is 2.27 bits per heavy atom. The Hall–Kier alpha value is -1.27. The van der Waals surface area contributed by atoms with Gasteiger partial charge in [0.2, 0.25) is 0 Å². The second-order valence-electron chi connectivity index (χ2n) is 9.07. The molecule has 1 aromatic rings. The Kier molecular flexibility index (Phi) is 9.04. The van der Waals surface area contributed by atoms with Crippen LogP contribution in [0.5, 0.6) is 11.5 Å². The van der Waals surface area contributed by atoms with E-state index in [2.05, 4.69) is 13.8 Å². The molecule has 1 aromatic carbocycles. The molecular weight excluding hydrogens is 400 g/mol. The Morgan fingerprint density at radius 2 is 1.63 bits per heavy atom. The molecule has 30 heavy (non-hydrogen) atoms. The zero-order valence-corrected chi connectivity index (χ0v) is 20.3. The monoisotopic (exact) mass is 440 g/mol. The molecule has 0 fully saturated rings. The van der Waals surface area contributed by atoms with Crippen LogP contribution in [-0.4, -0.2) is 30.9 Å². The SMILES string of the molecule is CCCCCCCCCC1(C)CCc2c(C)c(OCCS(=O)(=O)O)c(C)c(C)c2O1. The molecule has 0 bridgehead atoms. The fraction of sp³-hybridized carbons (Fsp3) is 0.750. The molecule has 172 valence electrons. The Morgan fingerprint density at radius 1 is 1.00 bits per heavy atom. The lowest BCUT2D eigenvalue weighted by molar-refractivity contribution is 0.0521. The van der Waals surface area contributed by atoms with Crippen molar-refractivity contribution in [2.75, 3.05) is 12.4 Å². The van der Waals surface area contributed by atoms with E-state index in [4.69, 9.17) is 14.0 Å². The van der Waals surface area contributed by atoms with Crippen LogP contribution in [0.2, 0.25) is 0 Å². The summed E-state index contributed by atoms with van der Waals surface area (Å²) in [6.07, 6.45) is 12.1. The average molecular weight is 441 g/mol. The predicted molar refractivity (Wildman–Crippen MR) is 123 cm³/mol. The molecule has 6 heteroatoms. The van der Waals surface area contributed by atoms with Crippen molar-refractivity contribution in [1.82, 2.24) is 0 Å². The van der Waals surface area contributed by atoms with Crippen LogP contribution < -0.4 is 9.47 Å². The Balaban J connectivity index is 2.02. The number of fused-ring (bicyclic) bond motifs is 1. The van der Waals surface area contributed by atoms with Gasteiger partial charge in [-0.15, -0.1) is 0 Å². The minimum atomic E-state index is -4.03. The van der Waals surface area contributed by atoms with E-state index in [-0.39, 0.29) is 12.2 Å². The summed E-state index contributed by atoms with van der Waals surface area (Å²) in [7, 11) is -4.03. The first-order chi connectivity index (χ1) is 14.1. The molecule has 0 amide bonds. The molecule has 0 saturated carbocycles. The summed E-state index contributed by atoms with van der Waals surface area (Å²) in [6.45, 7) is 10.5. The van der Waals surface area contributed by atoms with Crippen LogP contribution >= 0.6 is 0 Å². The lowest BCUT2D eigenvalue weighted by Gasteiger charge is -2.38. The van der Waals surface area contributed by atoms with Gasteiger partial charge in [-0.1, -0.05) is 45.4 Å². The van der Waals surface area contributed by atoms with Crippen molar-refractivity contribution in [2.45, 2.75) is 104 Å². The van der Waals surface area contributed by atoms with Crippen LogP contribution in [0.3, 0.4) is 0 Å². The van der Waals surface area contributed by atoms with Crippen molar-refractivity contribution in [1.29, 1.82) is 0 Å². The van der Waals surface area contributed by atoms with Gasteiger partial charge in [-0.2, -0.15) is 8.42 Å². The van der Waals surface area contributed by atoms with Gasteiger partial charge >= 0.3 is 0 Å². The van der Waals surface area contributed by atoms with Crippen molar-refractivity contribution >= 4 is 10.1 Å². The van der Waals surface area contributed by atoms with Gasteiger partial charge in [-0.05, 0) is 70.1 Å². The summed E-state index contributed by atoms with van der Waals surface area (Å²) in [5.41, 5.74) is 4.08. The molecule has 0 aromatic heterocycles. The van der Waals surface area contributed by atoms with Crippen LogP contribution in [0, 0.1) is 20.8 Å². The highest BCUT2D eigenvalue weighted by Gasteiger charge is 2.34. The number of benzene rings is 1. The lowest BCUT2D eigenvalue weighted by atomic mass is 9.84. The molecule has 2 rings (SSSR count). The molecule has 0 aliphatic carbocycles. The third-order valence-electron chi connectivity index (χ3n) is 6.46. The topological polar surface area (TPSA) is 72.8 Å². The fourth-order valence-electron chi connectivity index (χ4n) is 4.38. The maximum absolute atomic E-state index is 11.0. The van der Waals surface area contributed by atoms with E-state index in [9.17, 15) is 8.42 Å². The summed E-state index contributed by atoms with van der Waals surface area (Å²) in [4.78, 5) is 0. The average Bonchev–Trinajstić information content (AvgIpc) is 2.67. The third kappa shape index (κ3) is 6.88. The standard InChI is InChI=1S/C24H40O5S/c1-6-7-8-9-10-11-12-14-24(5)15-13-21-20(4)22(28-16-17-30(25,26)27)18(2)19(3)23(21)29-24/h6-17H2,1-5H3,(H,25,26,27). The zero-order chi connectivity index (χ0) is 22.4. The first-order valence-electron chi connectivity index (χ1n) is 11.5. The summed E-state index contributed by atoms with van der Waals surface area (Å²) in [5.74, 6) is 1.28. The van der Waals surface area contributed by atoms with Crippen LogP contribution in [0.4, 0.5) is 0 Å². The van der Waals surface area contributed by atoms with Gasteiger partial charge in [0.05, 0.1) is 0 Å². The van der Waals surface area contributed by atoms with E-state index in [0.717, 1.165) is 47.3 Å². The first-order valence-corrected chi connectivity index (χ1v) is 13.1. The molecule has 0 saturated heterocycles. The van der Waals surface area contributed by atoms with Crippen LogP contribution in [-0.2, 0) is 16.5 Å². The van der Waals surface area contributed by atoms with Crippen LogP contribution in [0.25, 0.3) is 0 Å². The molecule has 0 radical (unpaired) electrons. The number of hydrogen-bond donors (Lipinski definition) is 1. The normalized spacial score (nSPS) is 18.7. The van der Waals surface area contributed by atoms with E-state index in [0.29, 0.717) is 5.75 Å². The quantitative estimate of drug-likeness (QED) is 0.314. The van der Waals surface area contributed by atoms with Gasteiger partial charge in [-0.3, -0.25) is 4.55 Å². The van der Waals surface area contributed by atoms with Crippen LogP contribution in [0.15, 0.2) is 0 Å². The van der Waals surface area contributed by atoms with Gasteiger partial charge in [0, 0.05) is 5.56 Å². The summed E-state index contributed by atoms with van der Waals surface area (Å²) in [6, 6.07) is 0. The zero-order valence-electron chi connectivity index (χ0n) is 19.5. The second-order valence-corrected chi connectivity index (χ2v) is 10.6. The molecule has 1 aliphatic rings. The molecule has 1 unspecified atom stereocenters. The van der Waals surface area contributed by atoms with E-state index >= 15 is 0 Å². The van der Waals surface area contributed by atoms with E-state index in [1.54, 1.807) is 0 Å². The van der Waals surface area contributed by atoms with Crippen molar-refractivity contribution in [3.8, 4) is 11.5 Å². The fourth-order valence-corrected chi connectivity index (χ4v) is 4.67. The largest absolute Gasteiger partial charge is 0.492 e. The molecule has 1 aliphatic heterocycles. The maximum Gasteiger partial charge on any atom is 0.268 e. The highest BCUT2D eigenvalue weighted by molar-refractivity contribution is 7.85. The smallest absolute Gasteiger partial charge is 0.268 e. The number of unbranched alkanes of at least 4 members (excludes halogenated alkanes) is 6. The molecule has 1 N–H and O–H groups in total. The molecule has 1 heterocycles. The minimum absolute atomic E-state index is 0.0600. The van der Waals surface area contributed by atoms with E-state index in [1.165, 1.54) is 44.9 Å². The van der Waals surface area contributed by atoms with Crippen molar-refractivity contribution in [3.05, 3.63) is 22.3 Å². The highest BCUT2D eigenvalue weighted by atomic mass is 32.2. The van der Waals surface area contributed by atoms with Crippen molar-refractivity contribution < 1.29 is 22.4 Å². The second kappa shape index (κ2) is 10.9. The highest BCUT2D eigenvalue weighted by Crippen LogP contribution is 2.44. The van der Waals surface area contributed by atoms with Crippen LogP contribution in [0.1, 0.15) is 93.9 Å². The van der Waals surface area contributed by atoms with Gasteiger partial charge in [0.1, 0.15) is 29.5 Å². The summed E-state index contributed by atoms with van der Waals surface area (Å²) >= 11 is 0. The molecule has 1 atom stereocenters. The maximum atomic E-state index is 11.0. The Labute approximate surface area is 183 Å². The van der Waals surface area contributed by atoms with E-state index < -0.39 is 15.9 Å². The van der Waals surface area contributed by atoms with Gasteiger partial charge < -0.3 is 9.47 Å². The first kappa shape index (κ1) is 25.0. The summed E-state index contributed by atoms with van der Waals surface area (Å²) < 4.78 is 43.3. The number of ether oxygens (including phenoxy) is 2. The molecular formula is C24H40O5S. The molecule has 0 spiro atoms. The van der Waals surface area contributed by atoms with Gasteiger partial charge in [-0.25, -0.2) is 0 Å². The Bertz CT molecular complexity index is 816. The van der Waals surface area contributed by atoms with Crippen molar-refractivity contribution in [3.63, 3.8) is 0 Å². The van der Waals surface area contributed by atoms with Crippen molar-refractivity contribution in [2.24, 2.45) is 0 Å². The third-order valence-corrected chi connectivity index (χ3v) is 7.14. The minimum Gasteiger partial charge on any atom is -0.492 e. The number of rotatable bonds is 12. The van der Waals surface area contributed by atoms with E-state index in [1.807, 2.05) is 20.8 Å². The number of hydrogen-bond acceptors (Lipinski definition) is 4. The van der Waals surface area contributed by atoms with Gasteiger partial charge in [0.25, 0.3) is 10.1 Å². The summed E-state index contributed by atoms with van der Waals surface area (Å²) in [5, 5.41) is 0. The predicted octanol–water partition coefficient (Wildman–Crippen LogP) is 6.10. The van der Waals surface area contributed by atoms with Gasteiger partial charge in [0.15, 0.2) is 0 Å². The lowest BCUT2D eigenvalue weighted by Crippen LogP contribution is -2.37.